The molecule has 1 aliphatic heterocycles. The number of carbonyl (C=O) groups is 2. The van der Waals surface area contributed by atoms with Crippen molar-refractivity contribution in [1.82, 2.24) is 0 Å². The summed E-state index contributed by atoms with van der Waals surface area (Å²) >= 11 is 5.64. The zero-order valence-electron chi connectivity index (χ0n) is 11.0. The van der Waals surface area contributed by atoms with Crippen molar-refractivity contribution in [2.24, 2.45) is 5.92 Å². The summed E-state index contributed by atoms with van der Waals surface area (Å²) in [7, 11) is 0. The largest absolute Gasteiger partial charge is 0.305 e. The second kappa shape index (κ2) is 5.87. The molecule has 0 saturated carbocycles. The number of Topliss-reactive ketones (excluding diaryl/α,β-unsaturated/α-hetero) is 1. The zero-order chi connectivity index (χ0) is 14.9. The number of hydrogen-bond donors (Lipinski definition) is 0. The summed E-state index contributed by atoms with van der Waals surface area (Å²) in [4.78, 5) is 24.8. The van der Waals surface area contributed by atoms with Crippen LogP contribution in [0.15, 0.2) is 12.1 Å². The predicted molar refractivity (Wildman–Crippen MR) is 72.2 cm³/mol. The second-order valence-corrected chi connectivity index (χ2v) is 5.32. The van der Waals surface area contributed by atoms with Crippen LogP contribution in [0.5, 0.6) is 0 Å². The van der Waals surface area contributed by atoms with E-state index in [9.17, 15) is 18.4 Å². The zero-order valence-corrected chi connectivity index (χ0v) is 11.7. The molecule has 0 aliphatic carbocycles. The summed E-state index contributed by atoms with van der Waals surface area (Å²) in [5, 5.41) is 0. The molecule has 1 aromatic rings. The Bertz CT molecular complexity index is 562. The lowest BCUT2D eigenvalue weighted by molar-refractivity contribution is -0.114. The van der Waals surface area contributed by atoms with Gasteiger partial charge in [-0.25, -0.2) is 8.78 Å². The van der Waals surface area contributed by atoms with Gasteiger partial charge >= 0.3 is 0 Å². The minimum atomic E-state index is -1.12. The molecule has 1 aliphatic rings. The van der Waals surface area contributed by atoms with Crippen LogP contribution in [0.25, 0.3) is 0 Å². The number of fused-ring (bicyclic) bond motifs is 1. The van der Waals surface area contributed by atoms with Gasteiger partial charge in [0, 0.05) is 18.5 Å². The Labute approximate surface area is 120 Å². The lowest BCUT2D eigenvalue weighted by Crippen LogP contribution is -2.31. The molecule has 0 fully saturated rings. The van der Waals surface area contributed by atoms with Crippen molar-refractivity contribution >= 4 is 29.0 Å². The third kappa shape index (κ3) is 2.68. The minimum absolute atomic E-state index is 0.0705. The molecule has 108 valence electrons. The summed E-state index contributed by atoms with van der Waals surface area (Å²) in [6.45, 7) is 2.28. The van der Waals surface area contributed by atoms with Crippen LogP contribution in [-0.4, -0.2) is 24.1 Å². The van der Waals surface area contributed by atoms with Crippen LogP contribution >= 0.6 is 11.6 Å². The van der Waals surface area contributed by atoms with E-state index in [4.69, 9.17) is 11.6 Å². The van der Waals surface area contributed by atoms with Crippen molar-refractivity contribution in [2.75, 3.05) is 17.3 Å². The smallest absolute Gasteiger partial charge is 0.299 e. The first-order chi connectivity index (χ1) is 9.45. The fraction of sp³-hybridized carbons (Fsp3) is 0.429. The molecule has 1 heterocycles. The van der Waals surface area contributed by atoms with Gasteiger partial charge in [0.15, 0.2) is 11.6 Å². The number of carbonyl (C=O) groups excluding carboxylic acids is 2. The molecule has 0 N–H and O–H groups in total. The summed E-state index contributed by atoms with van der Waals surface area (Å²) < 4.78 is 26.4. The number of amides is 1. The van der Waals surface area contributed by atoms with Gasteiger partial charge in [0.1, 0.15) is 0 Å². The molecular formula is C14H14ClF2NO2. The Kier molecular flexibility index (Phi) is 4.38. The number of ketones is 1. The lowest BCUT2D eigenvalue weighted by Gasteiger charge is -2.19. The van der Waals surface area contributed by atoms with Crippen molar-refractivity contribution < 1.29 is 18.4 Å². The normalized spacial score (nSPS) is 15.7. The van der Waals surface area contributed by atoms with Gasteiger partial charge in [-0.3, -0.25) is 9.59 Å². The maximum absolute atomic E-state index is 13.3. The quantitative estimate of drug-likeness (QED) is 0.619. The van der Waals surface area contributed by atoms with Gasteiger partial charge in [0.05, 0.1) is 11.3 Å². The molecule has 1 atom stereocenters. The van der Waals surface area contributed by atoms with E-state index in [0.29, 0.717) is 18.8 Å². The molecule has 0 aromatic heterocycles. The number of rotatable bonds is 5. The number of alkyl halides is 1. The first-order valence-electron chi connectivity index (χ1n) is 6.37. The molecule has 0 radical (unpaired) electrons. The number of nitrogens with zero attached hydrogens (tertiary/aromatic N) is 1. The highest BCUT2D eigenvalue weighted by atomic mass is 35.5. The Morgan fingerprint density at radius 1 is 1.20 bits per heavy atom. The standard InChI is InChI=1S/C14H14ClF2NO2/c1-8(2-4-15)3-5-18-12-7-11(17)10(16)6-9(12)13(19)14(18)20/h6-8H,2-5H2,1H3. The number of halogens is 3. The number of anilines is 1. The van der Waals surface area contributed by atoms with Gasteiger partial charge in [-0.15, -0.1) is 11.6 Å². The summed E-state index contributed by atoms with van der Waals surface area (Å²) in [5.41, 5.74) is 0.0795. The number of hydrogen-bond acceptors (Lipinski definition) is 2. The van der Waals surface area contributed by atoms with Gasteiger partial charge in [0.2, 0.25) is 0 Å². The molecule has 3 nitrogen and oxygen atoms in total. The van der Waals surface area contributed by atoms with Crippen molar-refractivity contribution in [2.45, 2.75) is 19.8 Å². The highest BCUT2D eigenvalue weighted by Gasteiger charge is 2.36. The molecule has 1 amide bonds. The average molecular weight is 302 g/mol. The van der Waals surface area contributed by atoms with E-state index in [0.717, 1.165) is 18.6 Å². The summed E-state index contributed by atoms with van der Waals surface area (Å²) in [6, 6.07) is 1.69. The van der Waals surface area contributed by atoms with Gasteiger partial charge in [-0.05, 0) is 24.8 Å². The van der Waals surface area contributed by atoms with E-state index in [-0.39, 0.29) is 17.2 Å². The molecule has 0 saturated heterocycles. The van der Waals surface area contributed by atoms with E-state index in [1.54, 1.807) is 0 Å². The highest BCUT2D eigenvalue weighted by Crippen LogP contribution is 2.31. The van der Waals surface area contributed by atoms with Crippen LogP contribution in [0.3, 0.4) is 0 Å². The van der Waals surface area contributed by atoms with Gasteiger partial charge < -0.3 is 4.90 Å². The predicted octanol–water partition coefficient (Wildman–Crippen LogP) is 3.15. The van der Waals surface area contributed by atoms with E-state index in [2.05, 4.69) is 0 Å². The average Bonchev–Trinajstić information content (AvgIpc) is 2.62. The van der Waals surface area contributed by atoms with E-state index in [1.165, 1.54) is 4.90 Å². The fourth-order valence-electron chi connectivity index (χ4n) is 2.19. The van der Waals surface area contributed by atoms with Crippen LogP contribution < -0.4 is 4.90 Å². The lowest BCUT2D eigenvalue weighted by atomic mass is 10.0. The topological polar surface area (TPSA) is 37.4 Å². The van der Waals surface area contributed by atoms with Crippen LogP contribution in [0, 0.1) is 17.6 Å². The number of benzene rings is 1. The molecule has 0 spiro atoms. The van der Waals surface area contributed by atoms with E-state index in [1.807, 2.05) is 6.92 Å². The third-order valence-electron chi connectivity index (χ3n) is 3.46. The molecule has 0 bridgehead atoms. The van der Waals surface area contributed by atoms with Crippen LogP contribution in [0.4, 0.5) is 14.5 Å². The van der Waals surface area contributed by atoms with Crippen molar-refractivity contribution in [1.29, 1.82) is 0 Å². The first kappa shape index (κ1) is 14.9. The second-order valence-electron chi connectivity index (χ2n) is 4.94. The Morgan fingerprint density at radius 3 is 2.50 bits per heavy atom. The van der Waals surface area contributed by atoms with Crippen molar-refractivity contribution in [3.63, 3.8) is 0 Å². The fourth-order valence-corrected chi connectivity index (χ4v) is 2.56. The Hall–Kier alpha value is -1.49. The highest BCUT2D eigenvalue weighted by molar-refractivity contribution is 6.52. The molecule has 1 aromatic carbocycles. The maximum atomic E-state index is 13.3. The van der Waals surface area contributed by atoms with Gasteiger partial charge in [-0.2, -0.15) is 0 Å². The maximum Gasteiger partial charge on any atom is 0.299 e. The molecule has 20 heavy (non-hydrogen) atoms. The van der Waals surface area contributed by atoms with E-state index >= 15 is 0 Å². The van der Waals surface area contributed by atoms with Crippen LogP contribution in [0.2, 0.25) is 0 Å². The summed E-state index contributed by atoms with van der Waals surface area (Å²) in [5.74, 6) is -2.91. The molecule has 2 rings (SSSR count). The van der Waals surface area contributed by atoms with Crippen LogP contribution in [-0.2, 0) is 4.79 Å². The van der Waals surface area contributed by atoms with Crippen LogP contribution in [0.1, 0.15) is 30.1 Å². The first-order valence-corrected chi connectivity index (χ1v) is 6.90. The van der Waals surface area contributed by atoms with Crippen molar-refractivity contribution in [3.8, 4) is 0 Å². The molecule has 1 unspecified atom stereocenters. The monoisotopic (exact) mass is 301 g/mol. The van der Waals surface area contributed by atoms with Crippen molar-refractivity contribution in [3.05, 3.63) is 29.3 Å². The molecular weight excluding hydrogens is 288 g/mol. The Morgan fingerprint density at radius 2 is 1.85 bits per heavy atom. The SMILES string of the molecule is CC(CCCl)CCN1C(=O)C(=O)c2cc(F)c(F)cc21. The molecule has 6 heteroatoms. The third-order valence-corrected chi connectivity index (χ3v) is 3.68. The van der Waals surface area contributed by atoms with Gasteiger partial charge in [-0.1, -0.05) is 6.92 Å². The minimum Gasteiger partial charge on any atom is -0.305 e. The summed E-state index contributed by atoms with van der Waals surface area (Å²) in [6.07, 6.45) is 1.44. The Balaban J connectivity index is 2.22. The van der Waals surface area contributed by atoms with Gasteiger partial charge in [0.25, 0.3) is 11.7 Å². The van der Waals surface area contributed by atoms with E-state index < -0.39 is 23.3 Å².